The van der Waals surface area contributed by atoms with E-state index in [1.54, 1.807) is 43.7 Å². The number of methoxy groups -OCH3 is 1. The lowest BCUT2D eigenvalue weighted by atomic mass is 10.2. The van der Waals surface area contributed by atoms with Crippen LogP contribution in [-0.2, 0) is 11.3 Å². The molecule has 0 unspecified atom stereocenters. The van der Waals surface area contributed by atoms with Crippen molar-refractivity contribution in [3.05, 3.63) is 53.0 Å². The van der Waals surface area contributed by atoms with Gasteiger partial charge in [-0.3, -0.25) is 4.79 Å². The van der Waals surface area contributed by atoms with Gasteiger partial charge in [0.25, 0.3) is 0 Å². The predicted molar refractivity (Wildman–Crippen MR) is 88.8 cm³/mol. The molecule has 0 spiro atoms. The van der Waals surface area contributed by atoms with E-state index in [0.29, 0.717) is 35.4 Å². The molecule has 0 saturated heterocycles. The first-order valence-corrected chi connectivity index (χ1v) is 7.50. The minimum atomic E-state index is -0.231. The molecule has 1 aromatic carbocycles. The summed E-state index contributed by atoms with van der Waals surface area (Å²) < 4.78 is 15.8. The van der Waals surface area contributed by atoms with Gasteiger partial charge in [0, 0.05) is 12.6 Å². The molecule has 6 heteroatoms. The zero-order valence-corrected chi connectivity index (χ0v) is 13.7. The van der Waals surface area contributed by atoms with Gasteiger partial charge in [0.05, 0.1) is 25.0 Å². The summed E-state index contributed by atoms with van der Waals surface area (Å²) in [6.07, 6.45) is 4.55. The number of nitrogens with one attached hydrogen (secondary N) is 1. The van der Waals surface area contributed by atoms with Gasteiger partial charge >= 0.3 is 0 Å². The highest BCUT2D eigenvalue weighted by Crippen LogP contribution is 2.36. The second kappa shape index (κ2) is 8.29. The summed E-state index contributed by atoms with van der Waals surface area (Å²) >= 11 is 6.19. The minimum Gasteiger partial charge on any atom is -0.493 e. The highest BCUT2D eigenvalue weighted by molar-refractivity contribution is 6.32. The van der Waals surface area contributed by atoms with Crippen molar-refractivity contribution in [3.8, 4) is 11.5 Å². The number of furan rings is 1. The molecule has 0 aliphatic carbocycles. The number of amides is 1. The Kier molecular flexibility index (Phi) is 6.11. The molecule has 0 atom stereocenters. The van der Waals surface area contributed by atoms with E-state index in [1.165, 1.54) is 6.08 Å². The molecule has 0 radical (unpaired) electrons. The largest absolute Gasteiger partial charge is 0.493 e. The van der Waals surface area contributed by atoms with Crippen molar-refractivity contribution in [2.45, 2.75) is 13.5 Å². The fraction of sp³-hybridized carbons (Fsp3) is 0.235. The van der Waals surface area contributed by atoms with Crippen LogP contribution in [0.1, 0.15) is 18.2 Å². The lowest BCUT2D eigenvalue weighted by Gasteiger charge is -2.13. The fourth-order valence-electron chi connectivity index (χ4n) is 1.95. The lowest BCUT2D eigenvalue weighted by molar-refractivity contribution is -0.116. The van der Waals surface area contributed by atoms with Crippen LogP contribution in [0.2, 0.25) is 5.02 Å². The summed E-state index contributed by atoms with van der Waals surface area (Å²) in [5.41, 5.74) is 0.815. The van der Waals surface area contributed by atoms with Gasteiger partial charge in [0.15, 0.2) is 11.5 Å². The van der Waals surface area contributed by atoms with Crippen molar-refractivity contribution in [1.29, 1.82) is 0 Å². The number of halogens is 1. The first kappa shape index (κ1) is 17.0. The van der Waals surface area contributed by atoms with Crippen LogP contribution in [0, 0.1) is 0 Å². The number of hydrogen-bond acceptors (Lipinski definition) is 4. The number of hydrogen-bond donors (Lipinski definition) is 1. The van der Waals surface area contributed by atoms with Crippen LogP contribution in [0.15, 0.2) is 41.0 Å². The van der Waals surface area contributed by atoms with Crippen molar-refractivity contribution in [3.63, 3.8) is 0 Å². The van der Waals surface area contributed by atoms with Crippen molar-refractivity contribution in [1.82, 2.24) is 5.32 Å². The molecule has 1 heterocycles. The Morgan fingerprint density at radius 1 is 1.43 bits per heavy atom. The predicted octanol–water partition coefficient (Wildman–Crippen LogP) is 3.67. The third-order valence-electron chi connectivity index (χ3n) is 2.99. The molecule has 0 fully saturated rings. The number of ether oxygens (including phenoxy) is 2. The smallest absolute Gasteiger partial charge is 0.244 e. The SMILES string of the molecule is CCOc1c(Cl)cc(CNC(=O)C=Cc2ccco2)cc1OC. The number of carbonyl (C=O) groups is 1. The Morgan fingerprint density at radius 2 is 2.26 bits per heavy atom. The Bertz CT molecular complexity index is 680. The Balaban J connectivity index is 2.00. The van der Waals surface area contributed by atoms with Gasteiger partial charge in [-0.2, -0.15) is 0 Å². The first-order valence-electron chi connectivity index (χ1n) is 7.12. The van der Waals surface area contributed by atoms with Crippen molar-refractivity contribution >= 4 is 23.6 Å². The van der Waals surface area contributed by atoms with Gasteiger partial charge in [-0.05, 0) is 42.8 Å². The van der Waals surface area contributed by atoms with Gasteiger partial charge in [-0.15, -0.1) is 0 Å². The van der Waals surface area contributed by atoms with E-state index in [0.717, 1.165) is 5.56 Å². The van der Waals surface area contributed by atoms with E-state index in [9.17, 15) is 4.79 Å². The summed E-state index contributed by atoms with van der Waals surface area (Å²) in [6, 6.07) is 7.05. The van der Waals surface area contributed by atoms with Gasteiger partial charge in [-0.1, -0.05) is 11.6 Å². The molecule has 1 N–H and O–H groups in total. The maximum Gasteiger partial charge on any atom is 0.244 e. The monoisotopic (exact) mass is 335 g/mol. The van der Waals surface area contributed by atoms with Gasteiger partial charge in [-0.25, -0.2) is 0 Å². The molecule has 2 rings (SSSR count). The standard InChI is InChI=1S/C17H18ClNO4/c1-3-22-17-14(18)9-12(10-15(17)21-2)11-19-16(20)7-6-13-5-4-8-23-13/h4-10H,3,11H2,1-2H3,(H,19,20). The van der Waals surface area contributed by atoms with Crippen LogP contribution in [0.3, 0.4) is 0 Å². The Morgan fingerprint density at radius 3 is 2.91 bits per heavy atom. The van der Waals surface area contributed by atoms with Crippen molar-refractivity contribution in [2.24, 2.45) is 0 Å². The summed E-state index contributed by atoms with van der Waals surface area (Å²) in [6.45, 7) is 2.68. The van der Waals surface area contributed by atoms with Crippen molar-refractivity contribution in [2.75, 3.05) is 13.7 Å². The molecule has 1 aromatic heterocycles. The summed E-state index contributed by atoms with van der Waals surface area (Å²) in [4.78, 5) is 11.8. The number of rotatable bonds is 7. The average molecular weight is 336 g/mol. The van der Waals surface area contributed by atoms with Gasteiger partial charge in [0.1, 0.15) is 5.76 Å². The molecular weight excluding hydrogens is 318 g/mol. The average Bonchev–Trinajstić information content (AvgIpc) is 3.06. The van der Waals surface area contributed by atoms with E-state index in [1.807, 2.05) is 6.92 Å². The number of benzene rings is 1. The molecule has 1 amide bonds. The molecular formula is C17H18ClNO4. The van der Waals surface area contributed by atoms with Crippen molar-refractivity contribution < 1.29 is 18.7 Å². The van der Waals surface area contributed by atoms with Crippen LogP contribution in [-0.4, -0.2) is 19.6 Å². The second-order valence-corrected chi connectivity index (χ2v) is 5.02. The maximum atomic E-state index is 11.8. The number of carbonyl (C=O) groups excluding carboxylic acids is 1. The third-order valence-corrected chi connectivity index (χ3v) is 3.27. The maximum absolute atomic E-state index is 11.8. The van der Waals surface area contributed by atoms with Crippen LogP contribution in [0.25, 0.3) is 6.08 Å². The van der Waals surface area contributed by atoms with Crippen LogP contribution < -0.4 is 14.8 Å². The molecule has 2 aromatic rings. The van der Waals surface area contributed by atoms with Crippen LogP contribution >= 0.6 is 11.6 Å². The summed E-state index contributed by atoms with van der Waals surface area (Å²) in [5.74, 6) is 1.43. The first-order chi connectivity index (χ1) is 11.1. The van der Waals surface area contributed by atoms with Crippen LogP contribution in [0.4, 0.5) is 0 Å². The zero-order valence-electron chi connectivity index (χ0n) is 13.0. The second-order valence-electron chi connectivity index (χ2n) is 4.61. The molecule has 0 aliphatic rings. The highest BCUT2D eigenvalue weighted by Gasteiger charge is 2.11. The van der Waals surface area contributed by atoms with E-state index in [-0.39, 0.29) is 5.91 Å². The molecule has 0 saturated carbocycles. The fourth-order valence-corrected chi connectivity index (χ4v) is 2.24. The lowest BCUT2D eigenvalue weighted by Crippen LogP contribution is -2.20. The highest BCUT2D eigenvalue weighted by atomic mass is 35.5. The summed E-state index contributed by atoms with van der Waals surface area (Å²) in [5, 5.41) is 3.21. The summed E-state index contributed by atoms with van der Waals surface area (Å²) in [7, 11) is 1.54. The third kappa shape index (κ3) is 4.79. The quantitative estimate of drug-likeness (QED) is 0.784. The van der Waals surface area contributed by atoms with E-state index in [2.05, 4.69) is 5.32 Å². The van der Waals surface area contributed by atoms with Gasteiger partial charge in [0.2, 0.25) is 5.91 Å². The topological polar surface area (TPSA) is 60.7 Å². The van der Waals surface area contributed by atoms with E-state index < -0.39 is 0 Å². The van der Waals surface area contributed by atoms with E-state index in [4.69, 9.17) is 25.5 Å². The minimum absolute atomic E-state index is 0.231. The Hall–Kier alpha value is -2.40. The zero-order chi connectivity index (χ0) is 16.7. The van der Waals surface area contributed by atoms with Crippen LogP contribution in [0.5, 0.6) is 11.5 Å². The molecule has 0 bridgehead atoms. The van der Waals surface area contributed by atoms with E-state index >= 15 is 0 Å². The molecule has 0 aliphatic heterocycles. The molecule has 122 valence electrons. The molecule has 23 heavy (non-hydrogen) atoms. The van der Waals surface area contributed by atoms with Gasteiger partial charge < -0.3 is 19.2 Å². The Labute approximate surface area is 139 Å². The normalized spacial score (nSPS) is 10.7. The molecule has 5 nitrogen and oxygen atoms in total.